The Labute approximate surface area is 308 Å². The SMILES string of the molecule is CCCCCCOCCOCCOCCOCCOCCOCCOCCOCCOCCOCCOCCOCCN(C)C(=O)OC(C)(C)C. The van der Waals surface area contributed by atoms with Crippen LogP contribution in [0.2, 0.25) is 0 Å². The number of hydrogen-bond donors (Lipinski definition) is 0. The third kappa shape index (κ3) is 43.1. The quantitative estimate of drug-likeness (QED) is 0.0842. The van der Waals surface area contributed by atoms with Gasteiger partial charge >= 0.3 is 6.09 Å². The van der Waals surface area contributed by atoms with E-state index in [9.17, 15) is 4.79 Å². The number of rotatable bonds is 41. The van der Waals surface area contributed by atoms with Crippen LogP contribution in [-0.2, 0) is 61.6 Å². The highest BCUT2D eigenvalue weighted by atomic mass is 16.6. The van der Waals surface area contributed by atoms with Crippen molar-refractivity contribution in [2.75, 3.05) is 172 Å². The van der Waals surface area contributed by atoms with Crippen LogP contribution in [0.3, 0.4) is 0 Å². The summed E-state index contributed by atoms with van der Waals surface area (Å²) in [5.74, 6) is 0. The van der Waals surface area contributed by atoms with Crippen LogP contribution < -0.4 is 0 Å². The minimum atomic E-state index is -0.510. The van der Waals surface area contributed by atoms with Crippen LogP contribution in [0.5, 0.6) is 0 Å². The molecule has 306 valence electrons. The minimum Gasteiger partial charge on any atom is -0.444 e. The molecule has 0 aliphatic heterocycles. The molecule has 0 radical (unpaired) electrons. The van der Waals surface area contributed by atoms with E-state index in [0.29, 0.717) is 159 Å². The fourth-order valence-corrected chi connectivity index (χ4v) is 3.78. The van der Waals surface area contributed by atoms with E-state index < -0.39 is 5.60 Å². The van der Waals surface area contributed by atoms with Gasteiger partial charge in [0.1, 0.15) is 5.60 Å². The van der Waals surface area contributed by atoms with Gasteiger partial charge in [0.05, 0.1) is 152 Å². The lowest BCUT2D eigenvalue weighted by Gasteiger charge is -2.24. The summed E-state index contributed by atoms with van der Waals surface area (Å²) in [6.07, 6.45) is 4.52. The van der Waals surface area contributed by atoms with Gasteiger partial charge in [-0.25, -0.2) is 4.79 Å². The summed E-state index contributed by atoms with van der Waals surface area (Å²) >= 11 is 0. The Kier molecular flexibility index (Phi) is 39.0. The van der Waals surface area contributed by atoms with Gasteiger partial charge in [0.2, 0.25) is 0 Å². The van der Waals surface area contributed by atoms with E-state index in [1.165, 1.54) is 24.2 Å². The standard InChI is InChI=1S/C36H73NO14/c1-6-7-8-9-11-39-13-15-41-17-19-43-21-23-45-25-27-47-29-31-49-33-34-50-32-30-48-28-26-46-24-22-44-20-18-42-16-14-40-12-10-37(5)35(38)51-36(2,3)4/h6-34H2,1-5H3. The first-order chi connectivity index (χ1) is 24.9. The molecule has 15 heteroatoms. The average molecular weight is 744 g/mol. The van der Waals surface area contributed by atoms with Crippen molar-refractivity contribution in [3.8, 4) is 0 Å². The molecule has 0 aromatic rings. The Morgan fingerprint density at radius 3 is 0.902 bits per heavy atom. The summed E-state index contributed by atoms with van der Waals surface area (Å²) in [6, 6.07) is 0. The van der Waals surface area contributed by atoms with Crippen molar-refractivity contribution in [2.45, 2.75) is 59.0 Å². The van der Waals surface area contributed by atoms with Crippen LogP contribution in [0, 0.1) is 0 Å². The fraction of sp³-hybridized carbons (Fsp3) is 0.972. The largest absolute Gasteiger partial charge is 0.444 e. The molecule has 0 atom stereocenters. The van der Waals surface area contributed by atoms with E-state index in [2.05, 4.69) is 6.92 Å². The lowest BCUT2D eigenvalue weighted by atomic mass is 10.2. The summed E-state index contributed by atoms with van der Waals surface area (Å²) in [7, 11) is 1.68. The summed E-state index contributed by atoms with van der Waals surface area (Å²) in [5, 5.41) is 0. The predicted molar refractivity (Wildman–Crippen MR) is 193 cm³/mol. The second-order valence-electron chi connectivity index (χ2n) is 12.3. The molecule has 0 aromatic heterocycles. The van der Waals surface area contributed by atoms with Crippen molar-refractivity contribution in [1.82, 2.24) is 4.90 Å². The molecule has 0 fully saturated rings. The highest BCUT2D eigenvalue weighted by molar-refractivity contribution is 5.67. The molecule has 0 aromatic carbocycles. The number of ether oxygens (including phenoxy) is 13. The van der Waals surface area contributed by atoms with Crippen LogP contribution >= 0.6 is 0 Å². The molecular formula is C36H73NO14. The van der Waals surface area contributed by atoms with Crippen LogP contribution in [0.4, 0.5) is 4.79 Å². The van der Waals surface area contributed by atoms with Gasteiger partial charge in [0.15, 0.2) is 0 Å². The van der Waals surface area contributed by atoms with Crippen molar-refractivity contribution in [3.05, 3.63) is 0 Å². The maximum Gasteiger partial charge on any atom is 0.410 e. The van der Waals surface area contributed by atoms with Crippen molar-refractivity contribution < 1.29 is 66.4 Å². The van der Waals surface area contributed by atoms with Gasteiger partial charge in [-0.3, -0.25) is 0 Å². The number of hydrogen-bond acceptors (Lipinski definition) is 14. The van der Waals surface area contributed by atoms with Gasteiger partial charge in [-0.05, 0) is 27.2 Å². The Balaban J connectivity index is 3.13. The van der Waals surface area contributed by atoms with E-state index in [0.717, 1.165) is 13.0 Å². The molecule has 1 amide bonds. The zero-order valence-electron chi connectivity index (χ0n) is 32.7. The monoisotopic (exact) mass is 744 g/mol. The Morgan fingerprint density at radius 1 is 0.392 bits per heavy atom. The minimum absolute atomic E-state index is 0.364. The highest BCUT2D eigenvalue weighted by Gasteiger charge is 2.19. The normalized spacial score (nSPS) is 11.8. The molecule has 0 aliphatic carbocycles. The van der Waals surface area contributed by atoms with E-state index in [1.54, 1.807) is 7.05 Å². The molecule has 0 rings (SSSR count). The number of unbranched alkanes of at least 4 members (excludes halogenated alkanes) is 3. The van der Waals surface area contributed by atoms with Crippen LogP contribution in [0.15, 0.2) is 0 Å². The Morgan fingerprint density at radius 2 is 0.647 bits per heavy atom. The number of carbonyl (C=O) groups excluding carboxylic acids is 1. The predicted octanol–water partition coefficient (Wildman–Crippen LogP) is 3.63. The smallest absolute Gasteiger partial charge is 0.410 e. The van der Waals surface area contributed by atoms with Gasteiger partial charge in [-0.2, -0.15) is 0 Å². The summed E-state index contributed by atoms with van der Waals surface area (Å²) in [4.78, 5) is 13.4. The second kappa shape index (κ2) is 40.0. The van der Waals surface area contributed by atoms with Crippen LogP contribution in [0.25, 0.3) is 0 Å². The zero-order valence-corrected chi connectivity index (χ0v) is 32.7. The van der Waals surface area contributed by atoms with Crippen molar-refractivity contribution in [3.63, 3.8) is 0 Å². The van der Waals surface area contributed by atoms with Crippen LogP contribution in [-0.4, -0.2) is 189 Å². The highest BCUT2D eigenvalue weighted by Crippen LogP contribution is 2.08. The molecular weight excluding hydrogens is 670 g/mol. The lowest BCUT2D eigenvalue weighted by molar-refractivity contribution is -0.0285. The van der Waals surface area contributed by atoms with Crippen molar-refractivity contribution in [2.24, 2.45) is 0 Å². The van der Waals surface area contributed by atoms with E-state index in [-0.39, 0.29) is 6.09 Å². The summed E-state index contributed by atoms with van der Waals surface area (Å²) in [6.45, 7) is 20.7. The summed E-state index contributed by atoms with van der Waals surface area (Å²) < 4.78 is 71.2. The second-order valence-corrected chi connectivity index (χ2v) is 12.3. The number of carbonyl (C=O) groups is 1. The third-order valence-electron chi connectivity index (χ3n) is 6.51. The maximum absolute atomic E-state index is 11.9. The first-order valence-electron chi connectivity index (χ1n) is 18.7. The lowest BCUT2D eigenvalue weighted by Crippen LogP contribution is -2.36. The van der Waals surface area contributed by atoms with Gasteiger partial charge in [0.25, 0.3) is 0 Å². The Bertz CT molecular complexity index is 701. The zero-order chi connectivity index (χ0) is 37.4. The first-order valence-corrected chi connectivity index (χ1v) is 18.7. The maximum atomic E-state index is 11.9. The van der Waals surface area contributed by atoms with Gasteiger partial charge < -0.3 is 66.5 Å². The topological polar surface area (TPSA) is 140 Å². The molecule has 15 nitrogen and oxygen atoms in total. The van der Waals surface area contributed by atoms with E-state index >= 15 is 0 Å². The van der Waals surface area contributed by atoms with Gasteiger partial charge in [-0.15, -0.1) is 0 Å². The van der Waals surface area contributed by atoms with Gasteiger partial charge in [0, 0.05) is 20.2 Å². The first kappa shape index (κ1) is 49.8. The molecule has 0 N–H and O–H groups in total. The van der Waals surface area contributed by atoms with E-state index in [4.69, 9.17) is 61.6 Å². The molecule has 0 heterocycles. The van der Waals surface area contributed by atoms with Gasteiger partial charge in [-0.1, -0.05) is 26.2 Å². The molecule has 0 unspecified atom stereocenters. The fourth-order valence-electron chi connectivity index (χ4n) is 3.78. The van der Waals surface area contributed by atoms with Crippen molar-refractivity contribution in [1.29, 1.82) is 0 Å². The van der Waals surface area contributed by atoms with Crippen LogP contribution in [0.1, 0.15) is 53.4 Å². The number of nitrogens with zero attached hydrogens (tertiary/aromatic N) is 1. The summed E-state index contributed by atoms with van der Waals surface area (Å²) in [5.41, 5.74) is -0.510. The molecule has 0 saturated heterocycles. The van der Waals surface area contributed by atoms with Crippen molar-refractivity contribution >= 4 is 6.09 Å². The Hall–Kier alpha value is -1.21. The molecule has 51 heavy (non-hydrogen) atoms. The molecule has 0 saturated carbocycles. The number of likely N-dealkylation sites (N-methyl/N-ethyl adjacent to an activating group) is 1. The molecule has 0 spiro atoms. The third-order valence-corrected chi connectivity index (χ3v) is 6.51. The van der Waals surface area contributed by atoms with E-state index in [1.807, 2.05) is 20.8 Å². The molecule has 0 bridgehead atoms. The molecule has 0 aliphatic rings. The number of amides is 1. The average Bonchev–Trinajstić information content (AvgIpc) is 3.10.